The fourth-order valence-corrected chi connectivity index (χ4v) is 10.2. The number of nitrogens with two attached hydrogens (primary N) is 1. The number of nitrogens with zero attached hydrogens (tertiary/aromatic N) is 4. The van der Waals surface area contributed by atoms with Crippen molar-refractivity contribution in [2.24, 2.45) is 0 Å². The number of carbonyl (C=O) groups is 3. The number of carbonyl (C=O) groups excluding carboxylic acids is 3. The Morgan fingerprint density at radius 1 is 0.894 bits per heavy atom. The summed E-state index contributed by atoms with van der Waals surface area (Å²) in [6, 6.07) is 8.05. The molecule has 4 heterocycles. The number of para-hydroxylation sites is 1. The van der Waals surface area contributed by atoms with Crippen LogP contribution in [0, 0.1) is 0 Å². The number of likely N-dealkylation sites (tertiary alicyclic amines) is 3. The number of hydrogen-bond donors (Lipinski definition) is 3. The summed E-state index contributed by atoms with van der Waals surface area (Å²) in [6.07, 6.45) is 6.40. The van der Waals surface area contributed by atoms with Crippen molar-refractivity contribution in [3.8, 4) is 0 Å². The zero-order valence-electron chi connectivity index (χ0n) is 26.2. The third kappa shape index (κ3) is 7.27. The normalized spacial score (nSPS) is 21.6. The van der Waals surface area contributed by atoms with Crippen molar-refractivity contribution in [3.63, 3.8) is 0 Å². The molecule has 12 nitrogen and oxygen atoms in total. The highest BCUT2D eigenvalue weighted by atomic mass is 79.9. The van der Waals surface area contributed by atoms with Crippen LogP contribution in [0.5, 0.6) is 0 Å². The molecule has 47 heavy (non-hydrogen) atoms. The molecular weight excluding hydrogens is 754 g/mol. The van der Waals surface area contributed by atoms with E-state index < -0.39 is 34.2 Å². The Labute approximate surface area is 292 Å². The largest absolute Gasteiger partial charge is 0.397 e. The van der Waals surface area contributed by atoms with Crippen molar-refractivity contribution < 1.29 is 22.8 Å². The molecule has 3 fully saturated rings. The minimum atomic E-state index is -4.04. The number of benzene rings is 2. The summed E-state index contributed by atoms with van der Waals surface area (Å²) in [5.41, 5.74) is 7.76. The molecule has 4 aliphatic rings. The molecule has 0 bridgehead atoms. The number of urea groups is 2. The van der Waals surface area contributed by atoms with Gasteiger partial charge in [0.1, 0.15) is 10.9 Å². The highest BCUT2D eigenvalue weighted by molar-refractivity contribution is 9.11. The average Bonchev–Trinajstić information content (AvgIpc) is 3.07. The first-order chi connectivity index (χ1) is 22.5. The Morgan fingerprint density at radius 2 is 1.49 bits per heavy atom. The van der Waals surface area contributed by atoms with Crippen LogP contribution in [-0.2, 0) is 21.2 Å². The maximum absolute atomic E-state index is 14.0. The molecule has 0 unspecified atom stereocenters. The Kier molecular flexibility index (Phi) is 10.4. The molecule has 254 valence electrons. The van der Waals surface area contributed by atoms with E-state index in [1.807, 2.05) is 17.0 Å². The second-order valence-corrected chi connectivity index (χ2v) is 16.3. The first-order valence-corrected chi connectivity index (χ1v) is 19.3. The van der Waals surface area contributed by atoms with E-state index in [1.165, 1.54) is 25.3 Å². The summed E-state index contributed by atoms with van der Waals surface area (Å²) in [5.74, 6) is -0.121. The number of fused-ring (bicyclic) bond motifs is 1. The van der Waals surface area contributed by atoms with Gasteiger partial charge >= 0.3 is 12.1 Å². The van der Waals surface area contributed by atoms with Gasteiger partial charge in [0.15, 0.2) is 0 Å². The Morgan fingerprint density at radius 3 is 2.15 bits per heavy atom. The van der Waals surface area contributed by atoms with Crippen molar-refractivity contribution in [3.05, 3.63) is 50.9 Å². The minimum absolute atomic E-state index is 0.0574. The van der Waals surface area contributed by atoms with Crippen LogP contribution in [-0.4, -0.2) is 103 Å². The number of hydrogen-bond acceptors (Lipinski definition) is 7. The van der Waals surface area contributed by atoms with Gasteiger partial charge < -0.3 is 31.1 Å². The summed E-state index contributed by atoms with van der Waals surface area (Å²) in [7, 11) is -4.04. The van der Waals surface area contributed by atoms with Crippen LogP contribution in [0.4, 0.5) is 21.0 Å². The Bertz CT molecular complexity index is 1600. The van der Waals surface area contributed by atoms with E-state index in [1.54, 1.807) is 23.1 Å². The number of nitrogens with one attached hydrogen (secondary N) is 2. The lowest BCUT2D eigenvalue weighted by molar-refractivity contribution is -0.134. The number of nitrogen functional groups attached to an aromatic ring is 1. The molecule has 2 aromatic rings. The van der Waals surface area contributed by atoms with Crippen LogP contribution in [0.15, 0.2) is 50.2 Å². The lowest BCUT2D eigenvalue weighted by atomic mass is 9.98. The first-order valence-electron chi connectivity index (χ1n) is 16.3. The molecule has 1 atom stereocenters. The van der Waals surface area contributed by atoms with Gasteiger partial charge in [0.05, 0.1) is 17.4 Å². The molecule has 4 N–H and O–H groups in total. The van der Waals surface area contributed by atoms with E-state index in [9.17, 15) is 22.8 Å². The number of amides is 5. The third-order valence-electron chi connectivity index (χ3n) is 9.81. The van der Waals surface area contributed by atoms with Crippen LogP contribution >= 0.6 is 31.9 Å². The second kappa shape index (κ2) is 14.3. The molecular formula is C32H41Br2N7O5S. The highest BCUT2D eigenvalue weighted by Crippen LogP contribution is 2.34. The fourth-order valence-electron chi connectivity index (χ4n) is 7.23. The van der Waals surface area contributed by atoms with Crippen molar-refractivity contribution >= 4 is 71.2 Å². The molecule has 6 rings (SSSR count). The van der Waals surface area contributed by atoms with Crippen LogP contribution in [0.3, 0.4) is 0 Å². The molecule has 0 spiro atoms. The Hall–Kier alpha value is -2.88. The van der Waals surface area contributed by atoms with Gasteiger partial charge in [-0.15, -0.1) is 0 Å². The van der Waals surface area contributed by atoms with E-state index in [2.05, 4.69) is 47.4 Å². The fraction of sp³-hybridized carbons (Fsp3) is 0.531. The van der Waals surface area contributed by atoms with Gasteiger partial charge in [-0.2, -0.15) is 0 Å². The monoisotopic (exact) mass is 793 g/mol. The van der Waals surface area contributed by atoms with Gasteiger partial charge in [0.25, 0.3) is 10.0 Å². The molecule has 5 amide bonds. The lowest BCUT2D eigenvalue weighted by Crippen LogP contribution is -2.58. The van der Waals surface area contributed by atoms with Crippen molar-refractivity contribution in [2.75, 3.05) is 50.3 Å². The minimum Gasteiger partial charge on any atom is -0.397 e. The Balaban J connectivity index is 1.12. The van der Waals surface area contributed by atoms with E-state index >= 15 is 0 Å². The summed E-state index contributed by atoms with van der Waals surface area (Å²) in [4.78, 5) is 46.7. The molecule has 0 radical (unpaired) electrons. The van der Waals surface area contributed by atoms with Crippen LogP contribution < -0.4 is 16.4 Å². The number of halogens is 2. The quantitative estimate of drug-likeness (QED) is 0.363. The standard InChI is InChI=1S/C32H41Br2N7O5S/c33-24-18-21(19-25(34)29(24)35)20-27(30(42)39-14-8-22(9-15-39)38-12-4-1-5-13-38)37-31(43)40-16-10-23(11-17-40)41-32(44)36-26-6-2-3-7-28(26)47(41,45)46/h2-3,6-7,18-19,22-23,27H,1,4-5,8-17,20,35H2,(H,36,44)(H,37,43)/t27-/m0/s1. The summed E-state index contributed by atoms with van der Waals surface area (Å²) in [6.45, 7) is 4.00. The topological polar surface area (TPSA) is 148 Å². The van der Waals surface area contributed by atoms with Gasteiger partial charge in [-0.3, -0.25) is 4.79 Å². The van der Waals surface area contributed by atoms with Gasteiger partial charge in [0.2, 0.25) is 5.91 Å². The van der Waals surface area contributed by atoms with E-state index in [4.69, 9.17) is 5.73 Å². The molecule has 4 aliphatic heterocycles. The lowest BCUT2D eigenvalue weighted by Gasteiger charge is -2.41. The second-order valence-electron chi connectivity index (χ2n) is 12.8. The van der Waals surface area contributed by atoms with Crippen molar-refractivity contribution in [1.82, 2.24) is 24.3 Å². The SMILES string of the molecule is Nc1c(Br)cc(C[C@H](NC(=O)N2CCC(N3C(=O)Nc4ccccc4S3(=O)=O)CC2)C(=O)N2CCC(N3CCCCC3)CC2)cc1Br. The van der Waals surface area contributed by atoms with Crippen LogP contribution in [0.2, 0.25) is 0 Å². The highest BCUT2D eigenvalue weighted by Gasteiger charge is 2.43. The van der Waals surface area contributed by atoms with Gasteiger partial charge in [-0.1, -0.05) is 18.6 Å². The van der Waals surface area contributed by atoms with Crippen LogP contribution in [0.25, 0.3) is 0 Å². The summed E-state index contributed by atoms with van der Waals surface area (Å²) < 4.78 is 29.0. The average molecular weight is 796 g/mol. The maximum Gasteiger partial charge on any atom is 0.336 e. The molecule has 3 saturated heterocycles. The number of piperidine rings is 3. The predicted octanol–water partition coefficient (Wildman–Crippen LogP) is 4.59. The first kappa shape index (κ1) is 34.0. The van der Waals surface area contributed by atoms with E-state index in [0.717, 1.165) is 35.8 Å². The number of rotatable bonds is 6. The summed E-state index contributed by atoms with van der Waals surface area (Å²) >= 11 is 6.98. The van der Waals surface area contributed by atoms with Gasteiger partial charge in [0, 0.05) is 47.6 Å². The number of sulfonamides is 1. The predicted molar refractivity (Wildman–Crippen MR) is 186 cm³/mol. The maximum atomic E-state index is 14.0. The molecule has 2 aromatic carbocycles. The molecule has 15 heteroatoms. The number of anilines is 2. The van der Waals surface area contributed by atoms with Crippen molar-refractivity contribution in [1.29, 1.82) is 0 Å². The molecule has 0 aliphatic carbocycles. The van der Waals surface area contributed by atoms with Crippen molar-refractivity contribution in [2.45, 2.75) is 74.4 Å². The van der Waals surface area contributed by atoms with Gasteiger partial charge in [-0.25, -0.2) is 22.3 Å². The smallest absolute Gasteiger partial charge is 0.336 e. The summed E-state index contributed by atoms with van der Waals surface area (Å²) in [5, 5.41) is 5.68. The van der Waals surface area contributed by atoms with E-state index in [-0.39, 0.29) is 48.8 Å². The van der Waals surface area contributed by atoms with Gasteiger partial charge in [-0.05, 0) is 113 Å². The third-order valence-corrected chi connectivity index (χ3v) is 13.0. The zero-order valence-corrected chi connectivity index (χ0v) is 30.2. The molecule has 0 aromatic heterocycles. The zero-order chi connectivity index (χ0) is 33.3. The van der Waals surface area contributed by atoms with E-state index in [0.29, 0.717) is 33.8 Å². The molecule has 0 saturated carbocycles. The van der Waals surface area contributed by atoms with Crippen LogP contribution in [0.1, 0.15) is 50.5 Å².